The minimum absolute atomic E-state index is 0. The fourth-order valence-corrected chi connectivity index (χ4v) is 0. The molecule has 0 saturated heterocycles. The molecule has 0 radical (unpaired) electrons. The molecule has 0 rings (SSSR count). The summed E-state index contributed by atoms with van der Waals surface area (Å²) in [4.78, 5) is 16.5. The van der Waals surface area contributed by atoms with Crippen LogP contribution in [-0.2, 0) is 16.5 Å². The van der Waals surface area contributed by atoms with Gasteiger partial charge < -0.3 is 30.6 Å². The van der Waals surface area contributed by atoms with E-state index in [-0.39, 0.29) is 67.9 Å². The molecule has 58 valence electrons. The predicted molar refractivity (Wildman–Crippen MR) is 27.9 cm³/mol. The van der Waals surface area contributed by atoms with E-state index >= 15 is 0 Å². The first-order chi connectivity index (χ1) is 3.46. The number of nitrogens with zero attached hydrogens (tertiary/aromatic N) is 2. The van der Waals surface area contributed by atoms with E-state index in [1.54, 1.807) is 0 Å². The quantitative estimate of drug-likeness (QED) is 0.289. The van der Waals surface area contributed by atoms with Crippen LogP contribution in [0.15, 0.2) is 0 Å². The Kier molecular flexibility index (Phi) is 36.5. The molecule has 0 atom stereocenters. The Balaban J connectivity index is -0.0000000300. The largest absolute Gasteiger partial charge is 2.00 e. The molecule has 0 bridgehead atoms. The maximum absolute atomic E-state index is 8.25. The van der Waals surface area contributed by atoms with E-state index in [4.69, 9.17) is 30.6 Å². The zero-order chi connectivity index (χ0) is 7.15. The standard InChI is InChI=1S/K.2NO3.Ni.H/c;2*2-1(3)4;;/q;2*-1;+2;. The van der Waals surface area contributed by atoms with Gasteiger partial charge in [-0.2, -0.15) is 0 Å². The monoisotopic (exact) mass is 222 g/mol. The van der Waals surface area contributed by atoms with Crippen molar-refractivity contribution < 1.29 is 26.7 Å². The van der Waals surface area contributed by atoms with Crippen LogP contribution in [0.4, 0.5) is 0 Å². The topological polar surface area (TPSA) is 132 Å². The van der Waals surface area contributed by atoms with E-state index < -0.39 is 10.2 Å². The van der Waals surface area contributed by atoms with Crippen LogP contribution in [-0.4, -0.2) is 61.6 Å². The van der Waals surface area contributed by atoms with Gasteiger partial charge in [0.15, 0.2) is 0 Å². The van der Waals surface area contributed by atoms with Gasteiger partial charge in [0.25, 0.3) is 0 Å². The van der Waals surface area contributed by atoms with Crippen LogP contribution in [0.25, 0.3) is 0 Å². The molecule has 0 N–H and O–H groups in total. The second-order valence-electron chi connectivity index (χ2n) is 0.447. The second-order valence-corrected chi connectivity index (χ2v) is 0.447. The van der Waals surface area contributed by atoms with Crippen LogP contribution in [0.3, 0.4) is 0 Å². The van der Waals surface area contributed by atoms with Crippen molar-refractivity contribution >= 4 is 51.4 Å². The van der Waals surface area contributed by atoms with Crippen LogP contribution in [0.2, 0.25) is 0 Å². The van der Waals surface area contributed by atoms with Crippen LogP contribution in [0.5, 0.6) is 0 Å². The van der Waals surface area contributed by atoms with Crippen molar-refractivity contribution in [3.63, 3.8) is 0 Å². The van der Waals surface area contributed by atoms with Crippen molar-refractivity contribution in [2.45, 2.75) is 0 Å². The SMILES string of the molecule is O=[N+]([O-])[O-].O=[N+]([O-])[O-].[KH].[Ni+2]. The van der Waals surface area contributed by atoms with Crippen LogP contribution >= 0.6 is 0 Å². The first kappa shape index (κ1) is 22.4. The van der Waals surface area contributed by atoms with Crippen molar-refractivity contribution in [3.05, 3.63) is 30.6 Å². The van der Waals surface area contributed by atoms with Gasteiger partial charge in [-0.25, -0.2) is 0 Å². The molecule has 0 aliphatic carbocycles. The smallest absolute Gasteiger partial charge is 2.00 e. The first-order valence-electron chi connectivity index (χ1n) is 1.10. The molecular formula is HKN2NiO6. The van der Waals surface area contributed by atoms with Crippen LogP contribution < -0.4 is 0 Å². The van der Waals surface area contributed by atoms with Gasteiger partial charge >= 0.3 is 67.9 Å². The fourth-order valence-electron chi connectivity index (χ4n) is 0. The summed E-state index contributed by atoms with van der Waals surface area (Å²) in [5.74, 6) is 0. The Morgan fingerprint density at radius 1 is 0.800 bits per heavy atom. The Morgan fingerprint density at radius 2 is 0.800 bits per heavy atom. The normalized spacial score (nSPS) is 4.80. The van der Waals surface area contributed by atoms with E-state index in [2.05, 4.69) is 0 Å². The summed E-state index contributed by atoms with van der Waals surface area (Å²) in [6, 6.07) is 0. The maximum Gasteiger partial charge on any atom is 2.00 e. The first-order valence-corrected chi connectivity index (χ1v) is 1.10. The molecule has 0 amide bonds. The average Bonchev–Trinajstić information content (AvgIpc) is 1.25. The zero-order valence-corrected chi connectivity index (χ0v) is 4.65. The van der Waals surface area contributed by atoms with Crippen LogP contribution in [0.1, 0.15) is 0 Å². The van der Waals surface area contributed by atoms with Gasteiger partial charge in [0.2, 0.25) is 0 Å². The molecule has 0 heterocycles. The van der Waals surface area contributed by atoms with E-state index in [0.29, 0.717) is 0 Å². The second kappa shape index (κ2) is 16.3. The minimum atomic E-state index is -1.75. The summed E-state index contributed by atoms with van der Waals surface area (Å²) in [5.41, 5.74) is 0. The molecule has 10 heavy (non-hydrogen) atoms. The molecule has 0 saturated carbocycles. The molecule has 0 aromatic rings. The van der Waals surface area contributed by atoms with Gasteiger partial charge in [-0.3, -0.25) is 0 Å². The van der Waals surface area contributed by atoms with Crippen molar-refractivity contribution in [1.29, 1.82) is 0 Å². The summed E-state index contributed by atoms with van der Waals surface area (Å²) in [6.07, 6.45) is 0. The Morgan fingerprint density at radius 3 is 0.800 bits per heavy atom. The molecule has 10 heteroatoms. The van der Waals surface area contributed by atoms with Gasteiger partial charge in [0.1, 0.15) is 0 Å². The molecule has 0 aliphatic heterocycles. The molecule has 0 aromatic heterocycles. The molecule has 8 nitrogen and oxygen atoms in total. The van der Waals surface area contributed by atoms with Gasteiger partial charge in [0.05, 0.1) is 10.2 Å². The molecule has 0 aromatic carbocycles. The molecular weight excluding hydrogens is 222 g/mol. The van der Waals surface area contributed by atoms with Crippen molar-refractivity contribution in [2.24, 2.45) is 0 Å². The summed E-state index contributed by atoms with van der Waals surface area (Å²) in [7, 11) is 0. The zero-order valence-electron chi connectivity index (χ0n) is 3.66. The van der Waals surface area contributed by atoms with E-state index in [9.17, 15) is 0 Å². The molecule has 0 fully saturated rings. The van der Waals surface area contributed by atoms with Gasteiger partial charge in [-0.05, 0) is 0 Å². The molecule has 0 aliphatic rings. The van der Waals surface area contributed by atoms with Crippen molar-refractivity contribution in [3.8, 4) is 0 Å². The Hall–Kier alpha value is 0.530. The van der Waals surface area contributed by atoms with E-state index in [0.717, 1.165) is 0 Å². The number of hydrogen-bond acceptors (Lipinski definition) is 6. The molecule has 0 spiro atoms. The Labute approximate surface area is 107 Å². The maximum atomic E-state index is 8.25. The van der Waals surface area contributed by atoms with Gasteiger partial charge in [-0.1, -0.05) is 0 Å². The fraction of sp³-hybridized carbons (Fsp3) is 0. The third-order valence-electron chi connectivity index (χ3n) is 0. The summed E-state index contributed by atoms with van der Waals surface area (Å²) in [5, 5.41) is 29.5. The number of hydrogen-bond donors (Lipinski definition) is 0. The van der Waals surface area contributed by atoms with E-state index in [1.807, 2.05) is 0 Å². The van der Waals surface area contributed by atoms with Crippen LogP contribution in [0, 0.1) is 30.6 Å². The van der Waals surface area contributed by atoms with Crippen molar-refractivity contribution in [1.82, 2.24) is 0 Å². The summed E-state index contributed by atoms with van der Waals surface area (Å²) in [6.45, 7) is 0. The minimum Gasteiger partial charge on any atom is 2.00 e. The summed E-state index contributed by atoms with van der Waals surface area (Å²) < 4.78 is 0. The third-order valence-corrected chi connectivity index (χ3v) is 0. The summed E-state index contributed by atoms with van der Waals surface area (Å²) >= 11 is 0. The Bertz CT molecular complexity index is 73.7. The average molecular weight is 223 g/mol. The van der Waals surface area contributed by atoms with E-state index in [1.165, 1.54) is 0 Å². The van der Waals surface area contributed by atoms with Gasteiger partial charge in [-0.15, -0.1) is 0 Å². The van der Waals surface area contributed by atoms with Gasteiger partial charge in [0, 0.05) is 0 Å². The molecule has 0 unspecified atom stereocenters. The number of rotatable bonds is 0. The third kappa shape index (κ3) is 1720. The van der Waals surface area contributed by atoms with Crippen molar-refractivity contribution in [2.75, 3.05) is 0 Å². The predicted octanol–water partition coefficient (Wildman–Crippen LogP) is -1.13.